The Morgan fingerprint density at radius 2 is 1.47 bits per heavy atom. The second-order valence-corrected chi connectivity index (χ2v) is 23.8. The third-order valence-corrected chi connectivity index (χ3v) is 17.0. The molecular formula is C57H76N12O18S2. The Morgan fingerprint density at radius 1 is 0.809 bits per heavy atom. The Labute approximate surface area is 520 Å². The van der Waals surface area contributed by atoms with Crippen molar-refractivity contribution in [1.29, 1.82) is 0 Å². The Balaban J connectivity index is 1.15. The maximum atomic E-state index is 14.6. The van der Waals surface area contributed by atoms with Crippen LogP contribution in [0.25, 0.3) is 26.0 Å². The minimum atomic E-state index is -2.15. The normalized spacial score (nSPS) is 25.1. The Kier molecular flexibility index (Phi) is 25.5. The zero-order valence-corrected chi connectivity index (χ0v) is 50.8. The highest BCUT2D eigenvalue weighted by Crippen LogP contribution is 2.33. The number of phenolic OH excluding ortho intramolecular Hbond substituents is 1. The van der Waals surface area contributed by atoms with Gasteiger partial charge in [0.05, 0.1) is 42.3 Å². The van der Waals surface area contributed by atoms with Crippen LogP contribution in [-0.2, 0) is 51.1 Å². The third kappa shape index (κ3) is 18.4. The Bertz CT molecular complexity index is 3110. The maximum absolute atomic E-state index is 14.6. The topological polar surface area (TPSA) is 424 Å². The fourth-order valence-electron chi connectivity index (χ4n) is 10.8. The highest BCUT2D eigenvalue weighted by molar-refractivity contribution is 7.90. The summed E-state index contributed by atoms with van der Waals surface area (Å²) in [7, 11) is 0. The van der Waals surface area contributed by atoms with E-state index in [4.69, 9.17) is 16.0 Å². The zero-order valence-electron chi connectivity index (χ0n) is 49.1. The van der Waals surface area contributed by atoms with Crippen molar-refractivity contribution >= 4 is 65.0 Å². The lowest BCUT2D eigenvalue weighted by molar-refractivity contribution is -0.433. The predicted octanol–water partition coefficient (Wildman–Crippen LogP) is 0.146. The van der Waals surface area contributed by atoms with Crippen LogP contribution >= 0.6 is 23.7 Å². The summed E-state index contributed by atoms with van der Waals surface area (Å²) >= 11 is 1.37. The van der Waals surface area contributed by atoms with Crippen molar-refractivity contribution in [2.24, 2.45) is 5.92 Å². The molecule has 484 valence electrons. The SMILES string of the molecule is [C-]#[N+]C[C@@H](O)[C@@H]1NC(=O)[C@H]([C@H](O)Cc2ccc(O)c(OSOOO)c2)NC(=O)[C@@H]2C[C@H](O)CN2C(=O)[C@H]([C@H](C)O)NC(=O)[C@@H](NC(=O)c2ccc(-c3nnc(-c4cnn(CCCCCCCCCC)c4)s3)cc2)C[C@H](O)CNC(=O)[C@@H]2[C@@H](O)[C@H](C)CN2C1=O. The number of nitrogens with zero attached hydrogens (tertiary/aromatic N) is 7. The summed E-state index contributed by atoms with van der Waals surface area (Å²) in [5.41, 5.74) is 1.52. The van der Waals surface area contributed by atoms with E-state index in [-0.39, 0.29) is 35.7 Å². The average molecular weight is 1280 g/mol. The number of aliphatic hydroxyl groups is 6. The predicted molar refractivity (Wildman–Crippen MR) is 317 cm³/mol. The van der Waals surface area contributed by atoms with Gasteiger partial charge in [-0.25, -0.2) is 11.8 Å². The molecule has 3 fully saturated rings. The Hall–Kier alpha value is -7.42. The lowest BCUT2D eigenvalue weighted by atomic mass is 9.99. The van der Waals surface area contributed by atoms with Gasteiger partial charge < -0.3 is 81.2 Å². The number of aliphatic hydroxyl groups excluding tert-OH is 6. The molecule has 5 heterocycles. The summed E-state index contributed by atoms with van der Waals surface area (Å²) in [6.45, 7) is 10.6. The van der Waals surface area contributed by atoms with E-state index in [9.17, 15) is 69.3 Å². The average Bonchev–Trinajstić information content (AvgIpc) is 1.93. The third-order valence-electron chi connectivity index (χ3n) is 15.6. The number of rotatable bonds is 23. The molecule has 0 radical (unpaired) electrons. The summed E-state index contributed by atoms with van der Waals surface area (Å²) in [4.78, 5) is 106. The lowest BCUT2D eigenvalue weighted by Crippen LogP contribution is -2.64. The van der Waals surface area contributed by atoms with Crippen molar-refractivity contribution in [2.45, 2.75) is 171 Å². The number of aromatic hydroxyl groups is 1. The van der Waals surface area contributed by atoms with E-state index in [1.807, 2.05) is 10.9 Å². The number of nitrogens with one attached hydrogen (secondary N) is 5. The first-order valence-corrected chi connectivity index (χ1v) is 30.7. The number of hydrogen-bond acceptors (Lipinski definition) is 23. The van der Waals surface area contributed by atoms with Gasteiger partial charge in [0.1, 0.15) is 41.3 Å². The molecule has 7 rings (SSSR count). The quantitative estimate of drug-likeness (QED) is 0.0154. The van der Waals surface area contributed by atoms with Crippen LogP contribution in [0, 0.1) is 12.5 Å². The van der Waals surface area contributed by atoms with Crippen LogP contribution in [0.1, 0.15) is 101 Å². The van der Waals surface area contributed by atoms with E-state index in [0.717, 1.165) is 53.8 Å². The van der Waals surface area contributed by atoms with E-state index in [2.05, 4.69) is 63.0 Å². The monoisotopic (exact) mass is 1280 g/mol. The number of fused-ring (bicyclic) bond motifs is 2. The molecule has 2 aromatic carbocycles. The number of benzene rings is 2. The van der Waals surface area contributed by atoms with Gasteiger partial charge in [-0.2, -0.15) is 5.10 Å². The maximum Gasteiger partial charge on any atom is 0.261 e. The summed E-state index contributed by atoms with van der Waals surface area (Å²) in [5.74, 6) is -9.60. The first-order chi connectivity index (χ1) is 42.6. The van der Waals surface area contributed by atoms with Crippen molar-refractivity contribution in [3.05, 3.63) is 77.4 Å². The molecule has 2 aromatic heterocycles. The Morgan fingerprint density at radius 3 is 2.16 bits per heavy atom. The van der Waals surface area contributed by atoms with Crippen LogP contribution in [0.15, 0.2) is 54.9 Å². The summed E-state index contributed by atoms with van der Waals surface area (Å²) in [6, 6.07) is -1.74. The second kappa shape index (κ2) is 32.9. The van der Waals surface area contributed by atoms with Crippen LogP contribution in [-0.4, -0.2) is 211 Å². The molecule has 89 heavy (non-hydrogen) atoms. The van der Waals surface area contributed by atoms with Gasteiger partial charge >= 0.3 is 0 Å². The van der Waals surface area contributed by atoms with E-state index >= 15 is 0 Å². The van der Waals surface area contributed by atoms with Crippen LogP contribution in [0.4, 0.5) is 0 Å². The van der Waals surface area contributed by atoms with Gasteiger partial charge in [0.2, 0.25) is 42.0 Å². The molecule has 13 atom stereocenters. The van der Waals surface area contributed by atoms with Crippen molar-refractivity contribution in [3.63, 3.8) is 0 Å². The van der Waals surface area contributed by atoms with E-state index < -0.39 is 165 Å². The fraction of sp³-hybridized carbons (Fsp3) is 0.561. The van der Waals surface area contributed by atoms with Gasteiger partial charge in [-0.1, -0.05) is 97.7 Å². The number of hydrogen-bond donors (Lipinski definition) is 13. The standard InChI is InChI=1S/C57H76N12O18S2/c1-5-6-7-8-9-10-11-12-19-67-28-35(24-60-67)55-66-65-54(88-55)34-16-14-33(15-17-34)49(77)61-38-22-36(71)25-59-53(81)47-48(76)30(2)27-69(47)57(83)46(42(75)26-58-4)64-52(80)45(41(74)20-32-13-18-40(73)43(21-32)85-89-87-86-84)63-51(79)39-23-37(72)29-68(39)56(82)44(31(3)70)62-50(38)78/h13-18,21,24,28,30-31,36-39,41-42,44-48,70-76,84H,5-12,19-20,22-23,25-27,29H2,1-3H3,(H,59,81)(H,61,77)(H,62,78)(H,63,79)(H,64,80)/t30-,31+,36+,37+,38+,39+,41-,42-,44+,45+,46+,47+,48+/m1/s1. The minimum Gasteiger partial charge on any atom is -0.504 e. The van der Waals surface area contributed by atoms with Crippen molar-refractivity contribution in [1.82, 2.24) is 56.4 Å². The number of amides is 7. The summed E-state index contributed by atoms with van der Waals surface area (Å²) in [5, 5.41) is 117. The van der Waals surface area contributed by atoms with Crippen molar-refractivity contribution < 1.29 is 88.1 Å². The molecule has 3 saturated heterocycles. The minimum absolute atomic E-state index is 0.0212. The number of aromatic nitrogens is 4. The summed E-state index contributed by atoms with van der Waals surface area (Å²) < 4.78 is 11.2. The highest BCUT2D eigenvalue weighted by Gasteiger charge is 2.50. The van der Waals surface area contributed by atoms with Gasteiger partial charge in [0.15, 0.2) is 22.6 Å². The van der Waals surface area contributed by atoms with Gasteiger partial charge in [0.25, 0.3) is 18.2 Å². The highest BCUT2D eigenvalue weighted by atomic mass is 32.2. The number of carbonyl (C=O) groups excluding carboxylic acids is 7. The van der Waals surface area contributed by atoms with Gasteiger partial charge in [0, 0.05) is 68.7 Å². The van der Waals surface area contributed by atoms with Crippen LogP contribution in [0.2, 0.25) is 0 Å². The number of unbranched alkanes of at least 4 members (excludes halogenated alkanes) is 7. The van der Waals surface area contributed by atoms with Crippen LogP contribution in [0.3, 0.4) is 0 Å². The number of β-amino-alcohol motifs (C(OH)–C–C–N with tert-alkyl or cyclic N) is 1. The molecule has 0 saturated carbocycles. The van der Waals surface area contributed by atoms with E-state index in [1.54, 1.807) is 18.3 Å². The molecular weight excluding hydrogens is 1200 g/mol. The molecule has 7 amide bonds. The second-order valence-electron chi connectivity index (χ2n) is 22.4. The molecule has 0 aliphatic carbocycles. The zero-order chi connectivity index (χ0) is 64.5. The van der Waals surface area contributed by atoms with Crippen LogP contribution in [0.5, 0.6) is 11.5 Å². The fourth-order valence-corrected chi connectivity index (χ4v) is 11.8. The van der Waals surface area contributed by atoms with Crippen LogP contribution < -0.4 is 30.8 Å². The van der Waals surface area contributed by atoms with E-state index in [1.165, 1.54) is 75.0 Å². The van der Waals surface area contributed by atoms with Gasteiger partial charge in [-0.3, -0.25) is 38.2 Å². The molecule has 0 spiro atoms. The molecule has 4 aromatic rings. The first-order valence-electron chi connectivity index (χ1n) is 29.2. The lowest BCUT2D eigenvalue weighted by Gasteiger charge is -2.33. The number of phenols is 1. The molecule has 0 bridgehead atoms. The molecule has 3 aliphatic rings. The molecule has 32 heteroatoms. The number of aryl methyl sites for hydroxylation is 1. The first kappa shape index (κ1) is 69.1. The van der Waals surface area contributed by atoms with Gasteiger partial charge in [-0.05, 0) is 43.2 Å². The van der Waals surface area contributed by atoms with E-state index in [0.29, 0.717) is 15.6 Å². The van der Waals surface area contributed by atoms with Crippen molar-refractivity contribution in [3.8, 4) is 32.6 Å². The number of carbonyl (C=O) groups is 7. The van der Waals surface area contributed by atoms with Gasteiger partial charge in [-0.15, -0.1) is 10.2 Å². The molecule has 13 N–H and O–H groups in total. The summed E-state index contributed by atoms with van der Waals surface area (Å²) in [6.07, 6.45) is 0.889. The largest absolute Gasteiger partial charge is 0.504 e. The molecule has 3 aliphatic heterocycles. The molecule has 0 unspecified atom stereocenters. The smallest absolute Gasteiger partial charge is 0.261 e. The van der Waals surface area contributed by atoms with Crippen molar-refractivity contribution in [2.75, 3.05) is 26.2 Å². The molecule has 30 nitrogen and oxygen atoms in total.